The van der Waals surface area contributed by atoms with Gasteiger partial charge in [0.1, 0.15) is 0 Å². The van der Waals surface area contributed by atoms with Gasteiger partial charge in [0.05, 0.1) is 6.04 Å². The number of carbonyl (C=O) groups is 2. The van der Waals surface area contributed by atoms with Gasteiger partial charge in [-0.25, -0.2) is 0 Å². The molecule has 122 valence electrons. The Morgan fingerprint density at radius 1 is 1.19 bits per heavy atom. The van der Waals surface area contributed by atoms with E-state index in [1.165, 1.54) is 24.2 Å². The minimum absolute atomic E-state index is 0.0679. The maximum Gasteiger partial charge on any atom is 0.250 e. The van der Waals surface area contributed by atoms with Gasteiger partial charge < -0.3 is 15.3 Å². The lowest BCUT2D eigenvalue weighted by Gasteiger charge is -2.30. The highest BCUT2D eigenvalue weighted by Gasteiger charge is 2.29. The molecule has 0 spiro atoms. The van der Waals surface area contributed by atoms with Crippen LogP contribution in [-0.2, 0) is 9.59 Å². The Hall–Kier alpha value is -1.10. The van der Waals surface area contributed by atoms with Gasteiger partial charge in [0.25, 0.3) is 5.91 Å². The summed E-state index contributed by atoms with van der Waals surface area (Å²) >= 11 is 0. The maximum absolute atomic E-state index is 12.0. The molecule has 0 aliphatic heterocycles. The highest BCUT2D eigenvalue weighted by Crippen LogP contribution is 2.22. The normalized spacial score (nSPS) is 19.1. The van der Waals surface area contributed by atoms with Gasteiger partial charge in [-0.05, 0) is 25.7 Å². The third kappa shape index (κ3) is 5.30. The lowest BCUT2D eigenvalue weighted by atomic mass is 9.89. The molecule has 1 aliphatic rings. The molecular weight excluding hydrogens is 268 g/mol. The van der Waals surface area contributed by atoms with Gasteiger partial charge in [-0.3, -0.25) is 9.59 Å². The maximum atomic E-state index is 12.0. The zero-order chi connectivity index (χ0) is 16.0. The average molecular weight is 298 g/mol. The van der Waals surface area contributed by atoms with Gasteiger partial charge in [0, 0.05) is 19.5 Å². The molecule has 21 heavy (non-hydrogen) atoms. The van der Waals surface area contributed by atoms with Gasteiger partial charge >= 0.3 is 0 Å². The highest BCUT2D eigenvalue weighted by atomic mass is 16.3. The number of rotatable bonds is 6. The van der Waals surface area contributed by atoms with Crippen LogP contribution in [0.2, 0.25) is 0 Å². The highest BCUT2D eigenvalue weighted by molar-refractivity contribution is 5.83. The van der Waals surface area contributed by atoms with Crippen molar-refractivity contribution in [1.82, 2.24) is 10.2 Å². The summed E-state index contributed by atoms with van der Waals surface area (Å²) < 4.78 is 0. The third-order valence-electron chi connectivity index (χ3n) is 4.47. The summed E-state index contributed by atoms with van der Waals surface area (Å²) in [7, 11) is 1.63. The Labute approximate surface area is 128 Å². The molecule has 0 heterocycles. The molecule has 2 N–H and O–H groups in total. The van der Waals surface area contributed by atoms with E-state index in [1.54, 1.807) is 27.8 Å². The zero-order valence-electron chi connectivity index (χ0n) is 13.8. The molecule has 1 saturated carbocycles. The number of aliphatic hydroxyl groups is 1. The molecule has 0 radical (unpaired) electrons. The van der Waals surface area contributed by atoms with Crippen LogP contribution in [0.5, 0.6) is 0 Å². The van der Waals surface area contributed by atoms with Crippen LogP contribution in [0, 0.1) is 11.8 Å². The Balaban J connectivity index is 2.43. The van der Waals surface area contributed by atoms with E-state index < -0.39 is 12.1 Å². The standard InChI is InChI=1S/C16H30N2O3/c1-11(2)16(21)18(4)12(3)14(19)15(20)17-10-13-8-6-5-7-9-13/h11-14,19H,5-10H2,1-4H3,(H,17,20). The van der Waals surface area contributed by atoms with Crippen LogP contribution in [-0.4, -0.2) is 47.6 Å². The van der Waals surface area contributed by atoms with Crippen molar-refractivity contribution in [2.75, 3.05) is 13.6 Å². The second-order valence-electron chi connectivity index (χ2n) is 6.54. The summed E-state index contributed by atoms with van der Waals surface area (Å²) in [6, 6.07) is -0.522. The fourth-order valence-corrected chi connectivity index (χ4v) is 2.78. The molecule has 5 heteroatoms. The number of nitrogens with zero attached hydrogens (tertiary/aromatic N) is 1. The number of likely N-dealkylation sites (N-methyl/N-ethyl adjacent to an activating group) is 1. The number of amides is 2. The molecule has 5 nitrogen and oxygen atoms in total. The van der Waals surface area contributed by atoms with E-state index in [1.807, 2.05) is 0 Å². The number of hydrogen-bond donors (Lipinski definition) is 2. The fourth-order valence-electron chi connectivity index (χ4n) is 2.78. The summed E-state index contributed by atoms with van der Waals surface area (Å²) in [5, 5.41) is 12.9. The predicted molar refractivity (Wildman–Crippen MR) is 82.7 cm³/mol. The smallest absolute Gasteiger partial charge is 0.250 e. The first-order chi connectivity index (χ1) is 9.84. The summed E-state index contributed by atoms with van der Waals surface area (Å²) in [5.41, 5.74) is 0. The monoisotopic (exact) mass is 298 g/mol. The molecule has 1 fully saturated rings. The van der Waals surface area contributed by atoms with Crippen LogP contribution in [0.3, 0.4) is 0 Å². The van der Waals surface area contributed by atoms with E-state index in [4.69, 9.17) is 0 Å². The molecule has 0 aromatic rings. The molecule has 2 unspecified atom stereocenters. The van der Waals surface area contributed by atoms with E-state index in [2.05, 4.69) is 5.32 Å². The van der Waals surface area contributed by atoms with Crippen LogP contribution in [0.4, 0.5) is 0 Å². The Kier molecular flexibility index (Phi) is 7.15. The minimum atomic E-state index is -1.18. The van der Waals surface area contributed by atoms with E-state index in [9.17, 15) is 14.7 Å². The molecular formula is C16H30N2O3. The number of carbonyl (C=O) groups excluding carboxylic acids is 2. The Morgan fingerprint density at radius 3 is 2.29 bits per heavy atom. The average Bonchev–Trinajstić information content (AvgIpc) is 2.50. The predicted octanol–water partition coefficient (Wildman–Crippen LogP) is 1.55. The van der Waals surface area contributed by atoms with Crippen LogP contribution in [0.1, 0.15) is 52.9 Å². The largest absolute Gasteiger partial charge is 0.381 e. The molecule has 2 amide bonds. The van der Waals surface area contributed by atoms with Crippen molar-refractivity contribution in [2.45, 2.75) is 65.0 Å². The first-order valence-corrected chi connectivity index (χ1v) is 8.07. The van der Waals surface area contributed by atoms with Crippen molar-refractivity contribution >= 4 is 11.8 Å². The minimum Gasteiger partial charge on any atom is -0.381 e. The Bertz CT molecular complexity index is 351. The SMILES string of the molecule is CC(C)C(=O)N(C)C(C)C(O)C(=O)NCC1CCCCC1. The molecule has 1 rings (SSSR count). The van der Waals surface area contributed by atoms with Crippen LogP contribution >= 0.6 is 0 Å². The van der Waals surface area contributed by atoms with Crippen LogP contribution in [0.15, 0.2) is 0 Å². The molecule has 0 aromatic heterocycles. The second-order valence-corrected chi connectivity index (χ2v) is 6.54. The third-order valence-corrected chi connectivity index (χ3v) is 4.47. The summed E-state index contributed by atoms with van der Waals surface area (Å²) in [6.07, 6.45) is 4.86. The summed E-state index contributed by atoms with van der Waals surface area (Å²) in [5.74, 6) is -0.0618. The molecule has 0 aromatic carbocycles. The van der Waals surface area contributed by atoms with Crippen LogP contribution in [0.25, 0.3) is 0 Å². The van der Waals surface area contributed by atoms with E-state index in [0.29, 0.717) is 12.5 Å². The topological polar surface area (TPSA) is 69.6 Å². The van der Waals surface area contributed by atoms with E-state index >= 15 is 0 Å². The van der Waals surface area contributed by atoms with Gasteiger partial charge in [0.15, 0.2) is 6.10 Å². The van der Waals surface area contributed by atoms with Crippen molar-refractivity contribution in [1.29, 1.82) is 0 Å². The lowest BCUT2D eigenvalue weighted by molar-refractivity contribution is -0.141. The quantitative estimate of drug-likeness (QED) is 0.781. The van der Waals surface area contributed by atoms with E-state index in [0.717, 1.165) is 12.8 Å². The number of hydrogen-bond acceptors (Lipinski definition) is 3. The van der Waals surface area contributed by atoms with Gasteiger partial charge in [-0.1, -0.05) is 33.1 Å². The van der Waals surface area contributed by atoms with Crippen LogP contribution < -0.4 is 5.32 Å². The first-order valence-electron chi connectivity index (χ1n) is 8.07. The molecule has 1 aliphatic carbocycles. The van der Waals surface area contributed by atoms with Crippen molar-refractivity contribution in [3.05, 3.63) is 0 Å². The fraction of sp³-hybridized carbons (Fsp3) is 0.875. The van der Waals surface area contributed by atoms with Crippen molar-refractivity contribution < 1.29 is 14.7 Å². The zero-order valence-corrected chi connectivity index (χ0v) is 13.8. The summed E-state index contributed by atoms with van der Waals surface area (Å²) in [6.45, 7) is 5.94. The second kappa shape index (κ2) is 8.37. The van der Waals surface area contributed by atoms with Crippen molar-refractivity contribution in [3.63, 3.8) is 0 Å². The van der Waals surface area contributed by atoms with Gasteiger partial charge in [0.2, 0.25) is 5.91 Å². The molecule has 0 bridgehead atoms. The Morgan fingerprint density at radius 2 is 1.76 bits per heavy atom. The van der Waals surface area contributed by atoms with Crippen molar-refractivity contribution in [2.24, 2.45) is 11.8 Å². The van der Waals surface area contributed by atoms with Gasteiger partial charge in [-0.2, -0.15) is 0 Å². The van der Waals surface area contributed by atoms with Gasteiger partial charge in [-0.15, -0.1) is 0 Å². The lowest BCUT2D eigenvalue weighted by Crippen LogP contribution is -2.51. The summed E-state index contributed by atoms with van der Waals surface area (Å²) in [4.78, 5) is 25.4. The number of aliphatic hydroxyl groups excluding tert-OH is 1. The van der Waals surface area contributed by atoms with E-state index in [-0.39, 0.29) is 17.7 Å². The molecule has 0 saturated heterocycles. The number of nitrogens with one attached hydrogen (secondary N) is 1. The first kappa shape index (κ1) is 18.0. The molecule has 2 atom stereocenters. The van der Waals surface area contributed by atoms with Crippen molar-refractivity contribution in [3.8, 4) is 0 Å².